The minimum atomic E-state index is -0.869. The average molecular weight is 429 g/mol. The second-order valence-corrected chi connectivity index (χ2v) is 6.52. The molecule has 2 aromatic rings. The van der Waals surface area contributed by atoms with Crippen molar-refractivity contribution in [1.29, 1.82) is 0 Å². The summed E-state index contributed by atoms with van der Waals surface area (Å²) in [5.74, 6) is 0.777. The van der Waals surface area contributed by atoms with Crippen LogP contribution in [0.2, 0.25) is 0 Å². The molecule has 0 aliphatic heterocycles. The monoisotopic (exact) mass is 428 g/mol. The maximum atomic E-state index is 10.9. The van der Waals surface area contributed by atoms with E-state index in [1.54, 1.807) is 13.2 Å². The van der Waals surface area contributed by atoms with E-state index in [9.17, 15) is 4.79 Å². The molecule has 29 heavy (non-hydrogen) atoms. The van der Waals surface area contributed by atoms with Gasteiger partial charge in [-0.2, -0.15) is 4.98 Å². The van der Waals surface area contributed by atoms with Gasteiger partial charge in [-0.1, -0.05) is 31.9 Å². The smallest absolute Gasteiger partial charge is 0.870 e. The van der Waals surface area contributed by atoms with Gasteiger partial charge in [0.2, 0.25) is 5.95 Å². The molecule has 0 bridgehead atoms. The number of hydrogen-bond acceptors (Lipinski definition) is 7. The zero-order chi connectivity index (χ0) is 19.8. The number of methoxy groups -OCH3 is 1. The molecule has 154 valence electrons. The van der Waals surface area contributed by atoms with Crippen LogP contribution in [-0.2, 0) is 17.6 Å². The maximum absolute atomic E-state index is 10.9. The zero-order valence-corrected chi connectivity index (χ0v) is 20.8. The summed E-state index contributed by atoms with van der Waals surface area (Å²) < 4.78 is 5.48. The number of aryl methyl sites for hydroxylation is 1. The third-order valence-electron chi connectivity index (χ3n) is 4.38. The predicted octanol–water partition coefficient (Wildman–Crippen LogP) is 0.0230. The molecular weight excluding hydrogens is 399 g/mol. The van der Waals surface area contributed by atoms with Crippen molar-refractivity contribution in [2.24, 2.45) is 0 Å². The van der Waals surface area contributed by atoms with E-state index in [4.69, 9.17) is 15.6 Å². The van der Waals surface area contributed by atoms with E-state index in [0.29, 0.717) is 17.7 Å². The summed E-state index contributed by atoms with van der Waals surface area (Å²) in [4.78, 5) is 19.6. The van der Waals surface area contributed by atoms with Crippen LogP contribution in [-0.4, -0.2) is 40.2 Å². The standard InChI is InChI=1S/C20H28N4O3.K.H2O/c1-4-5-6-9-22-19-16(13(2)23-20(21)24-19)12-15-8-7-14(11-18(25)26)10-17(15)27-3;;/h7-8,10H,4-6,9,11-12H2,1-3H3,(H,25,26)(H3,21,22,23,24);;1H2/q;+1;/p-1. The number of benzene rings is 1. The van der Waals surface area contributed by atoms with Gasteiger partial charge in [0.05, 0.1) is 13.5 Å². The number of carboxylic acids is 1. The van der Waals surface area contributed by atoms with E-state index in [-0.39, 0.29) is 69.2 Å². The second-order valence-electron chi connectivity index (χ2n) is 6.52. The summed E-state index contributed by atoms with van der Waals surface area (Å²) in [6.07, 6.45) is 3.90. The van der Waals surface area contributed by atoms with Crippen molar-refractivity contribution in [2.75, 3.05) is 24.7 Å². The van der Waals surface area contributed by atoms with E-state index in [0.717, 1.165) is 48.4 Å². The summed E-state index contributed by atoms with van der Waals surface area (Å²) in [6, 6.07) is 5.48. The van der Waals surface area contributed by atoms with Crippen LogP contribution in [0.4, 0.5) is 11.8 Å². The first-order valence-corrected chi connectivity index (χ1v) is 9.19. The molecule has 0 spiro atoms. The van der Waals surface area contributed by atoms with Crippen LogP contribution in [0.1, 0.15) is 48.6 Å². The summed E-state index contributed by atoms with van der Waals surface area (Å²) >= 11 is 0. The van der Waals surface area contributed by atoms with E-state index >= 15 is 0 Å². The van der Waals surface area contributed by atoms with Gasteiger partial charge in [-0.3, -0.25) is 4.79 Å². The number of rotatable bonds is 10. The third-order valence-corrected chi connectivity index (χ3v) is 4.38. The molecule has 5 N–H and O–H groups in total. The van der Waals surface area contributed by atoms with Crippen LogP contribution in [0.3, 0.4) is 0 Å². The van der Waals surface area contributed by atoms with E-state index < -0.39 is 5.97 Å². The number of carboxylic acid groups (broad SMARTS) is 1. The Hall–Kier alpha value is -1.23. The number of aliphatic carboxylic acids is 1. The molecule has 2 rings (SSSR count). The van der Waals surface area contributed by atoms with E-state index in [1.807, 2.05) is 19.1 Å². The Morgan fingerprint density at radius 2 is 2.00 bits per heavy atom. The Kier molecular flexibility index (Phi) is 13.3. The third kappa shape index (κ3) is 8.57. The molecule has 1 aromatic heterocycles. The molecule has 0 fully saturated rings. The molecule has 0 amide bonds. The predicted molar refractivity (Wildman–Crippen MR) is 108 cm³/mol. The van der Waals surface area contributed by atoms with Gasteiger partial charge in [-0.25, -0.2) is 4.98 Å². The van der Waals surface area contributed by atoms with Gasteiger partial charge in [-0.15, -0.1) is 0 Å². The van der Waals surface area contributed by atoms with Crippen molar-refractivity contribution in [2.45, 2.75) is 46.0 Å². The fourth-order valence-electron chi connectivity index (χ4n) is 2.97. The minimum absolute atomic E-state index is 0. The molecule has 0 aliphatic carbocycles. The second kappa shape index (κ2) is 13.9. The number of nitrogen functional groups attached to an aromatic ring is 1. The van der Waals surface area contributed by atoms with Crippen molar-refractivity contribution in [3.8, 4) is 5.75 Å². The number of anilines is 2. The Morgan fingerprint density at radius 3 is 2.62 bits per heavy atom. The number of ether oxygens (including phenoxy) is 1. The Morgan fingerprint density at radius 1 is 1.28 bits per heavy atom. The number of carbonyl (C=O) groups is 1. The molecule has 8 nitrogen and oxygen atoms in total. The van der Waals surface area contributed by atoms with Gasteiger partial charge in [0.15, 0.2) is 0 Å². The average Bonchev–Trinajstić information content (AvgIpc) is 2.61. The zero-order valence-electron chi connectivity index (χ0n) is 17.7. The van der Waals surface area contributed by atoms with Crippen molar-refractivity contribution in [3.05, 3.63) is 40.6 Å². The molecule has 0 saturated heterocycles. The topological polar surface area (TPSA) is 140 Å². The Bertz CT molecular complexity index is 802. The van der Waals surface area contributed by atoms with Crippen molar-refractivity contribution >= 4 is 17.7 Å². The SMILES string of the molecule is CCCCCNc1nc(N)nc(C)c1Cc1ccc(CC(=O)O)cc1OC.[K+].[OH-]. The van der Waals surface area contributed by atoms with E-state index in [1.165, 1.54) is 0 Å². The molecule has 1 heterocycles. The van der Waals surface area contributed by atoms with Gasteiger partial charge < -0.3 is 26.4 Å². The normalized spacial score (nSPS) is 9.90. The number of hydrogen-bond donors (Lipinski definition) is 3. The van der Waals surface area contributed by atoms with Gasteiger partial charge >= 0.3 is 57.4 Å². The molecule has 0 aliphatic rings. The van der Waals surface area contributed by atoms with Gasteiger partial charge in [0, 0.05) is 24.2 Å². The molecule has 0 saturated carbocycles. The summed E-state index contributed by atoms with van der Waals surface area (Å²) in [6.45, 7) is 4.90. The van der Waals surface area contributed by atoms with Crippen molar-refractivity contribution < 1.29 is 71.5 Å². The molecule has 0 unspecified atom stereocenters. The number of nitrogens with one attached hydrogen (secondary N) is 1. The first kappa shape index (κ1) is 27.8. The molecule has 9 heteroatoms. The first-order valence-electron chi connectivity index (χ1n) is 9.19. The summed E-state index contributed by atoms with van der Waals surface area (Å²) in [7, 11) is 1.58. The fraction of sp³-hybridized carbons (Fsp3) is 0.450. The summed E-state index contributed by atoms with van der Waals surface area (Å²) in [5.41, 5.74) is 9.26. The molecule has 0 radical (unpaired) electrons. The molecular formula is C20H29KN4O4. The number of aromatic nitrogens is 2. The molecule has 1 aromatic carbocycles. The largest absolute Gasteiger partial charge is 1.00 e. The van der Waals surface area contributed by atoms with Gasteiger partial charge in [-0.05, 0) is 30.5 Å². The fourth-order valence-corrected chi connectivity index (χ4v) is 2.97. The molecule has 0 atom stereocenters. The van der Waals surface area contributed by atoms with Crippen LogP contribution in [0.5, 0.6) is 5.75 Å². The number of unbranched alkanes of at least 4 members (excludes halogenated alkanes) is 2. The summed E-state index contributed by atoms with van der Waals surface area (Å²) in [5, 5.41) is 12.4. The van der Waals surface area contributed by atoms with Crippen LogP contribution >= 0.6 is 0 Å². The van der Waals surface area contributed by atoms with Crippen LogP contribution in [0.15, 0.2) is 18.2 Å². The van der Waals surface area contributed by atoms with Gasteiger partial charge in [0.25, 0.3) is 0 Å². The van der Waals surface area contributed by atoms with Gasteiger partial charge in [0.1, 0.15) is 11.6 Å². The Balaban J connectivity index is 0.00000392. The maximum Gasteiger partial charge on any atom is 1.00 e. The Labute approximate surface area is 214 Å². The number of nitrogens with two attached hydrogens (primary N) is 1. The first-order chi connectivity index (χ1) is 12.9. The van der Waals surface area contributed by atoms with E-state index in [2.05, 4.69) is 22.2 Å². The van der Waals surface area contributed by atoms with Crippen molar-refractivity contribution in [3.63, 3.8) is 0 Å². The van der Waals surface area contributed by atoms with Crippen LogP contribution in [0.25, 0.3) is 0 Å². The van der Waals surface area contributed by atoms with Crippen molar-refractivity contribution in [1.82, 2.24) is 9.97 Å². The van der Waals surface area contributed by atoms with Crippen LogP contribution in [0, 0.1) is 6.92 Å². The minimum Gasteiger partial charge on any atom is -0.870 e. The quantitative estimate of drug-likeness (QED) is 0.355. The number of nitrogens with zero attached hydrogens (tertiary/aromatic N) is 2. The van der Waals surface area contributed by atoms with Crippen LogP contribution < -0.4 is 67.2 Å².